The Bertz CT molecular complexity index is 983. The molecule has 0 saturated carbocycles. The number of carbonyl (C=O) groups is 2. The topological polar surface area (TPSA) is 85.3 Å². The molecule has 1 N–H and O–H groups in total. The summed E-state index contributed by atoms with van der Waals surface area (Å²) in [4.78, 5) is 27.4. The van der Waals surface area contributed by atoms with Crippen LogP contribution in [0.4, 0.5) is 0 Å². The first-order valence-electron chi connectivity index (χ1n) is 10.1. The van der Waals surface area contributed by atoms with Crippen LogP contribution in [0.2, 0.25) is 0 Å². The lowest BCUT2D eigenvalue weighted by molar-refractivity contribution is -0.140. The van der Waals surface area contributed by atoms with Crippen molar-refractivity contribution >= 4 is 17.4 Å². The summed E-state index contributed by atoms with van der Waals surface area (Å²) in [5.74, 6) is -0.833. The van der Waals surface area contributed by atoms with Crippen molar-refractivity contribution in [3.05, 3.63) is 65.2 Å². The van der Waals surface area contributed by atoms with Crippen molar-refractivity contribution in [1.82, 2.24) is 4.90 Å². The molecule has 2 aromatic rings. The summed E-state index contributed by atoms with van der Waals surface area (Å²) in [6.45, 7) is 4.30. The van der Waals surface area contributed by atoms with E-state index in [0.717, 1.165) is 5.56 Å². The summed E-state index contributed by atoms with van der Waals surface area (Å²) in [5, 5.41) is 11.2. The minimum atomic E-state index is -0.742. The maximum absolute atomic E-state index is 13.0. The van der Waals surface area contributed by atoms with E-state index in [0.29, 0.717) is 17.1 Å². The third-order valence-corrected chi connectivity index (χ3v) is 5.10. The zero-order chi connectivity index (χ0) is 22.5. The van der Waals surface area contributed by atoms with Crippen molar-refractivity contribution in [2.75, 3.05) is 27.4 Å². The molecule has 0 radical (unpaired) electrons. The number of carbonyl (C=O) groups excluding carboxylic acids is 2. The molecule has 164 valence electrons. The molecule has 3 rings (SSSR count). The average molecular weight is 425 g/mol. The summed E-state index contributed by atoms with van der Waals surface area (Å²) < 4.78 is 16.2. The van der Waals surface area contributed by atoms with Gasteiger partial charge in [0, 0.05) is 12.6 Å². The van der Waals surface area contributed by atoms with E-state index in [4.69, 9.17) is 14.2 Å². The van der Waals surface area contributed by atoms with Crippen molar-refractivity contribution in [2.24, 2.45) is 0 Å². The number of Topliss-reactive ketones (excluding diaryl/α,β-unsaturated/α-hetero) is 1. The second kappa shape index (κ2) is 9.66. The van der Waals surface area contributed by atoms with Crippen molar-refractivity contribution in [2.45, 2.75) is 26.0 Å². The lowest BCUT2D eigenvalue weighted by Crippen LogP contribution is -2.33. The first-order valence-corrected chi connectivity index (χ1v) is 10.1. The molecule has 1 amide bonds. The molecule has 1 heterocycles. The number of ether oxygens (including phenoxy) is 3. The Kier molecular flexibility index (Phi) is 6.97. The highest BCUT2D eigenvalue weighted by Crippen LogP contribution is 2.41. The number of methoxy groups -OCH3 is 2. The van der Waals surface area contributed by atoms with Crippen LogP contribution in [0.15, 0.2) is 54.1 Å². The number of amides is 1. The van der Waals surface area contributed by atoms with E-state index < -0.39 is 17.7 Å². The maximum Gasteiger partial charge on any atom is 0.295 e. The zero-order valence-electron chi connectivity index (χ0n) is 18.1. The van der Waals surface area contributed by atoms with Gasteiger partial charge in [0.2, 0.25) is 0 Å². The van der Waals surface area contributed by atoms with Crippen LogP contribution in [-0.2, 0) is 14.3 Å². The number of nitrogens with zero attached hydrogens (tertiary/aromatic N) is 1. The second-order valence-electron chi connectivity index (χ2n) is 7.39. The number of aliphatic hydroxyl groups excluding tert-OH is 1. The Morgan fingerprint density at radius 1 is 1.06 bits per heavy atom. The predicted molar refractivity (Wildman–Crippen MR) is 116 cm³/mol. The van der Waals surface area contributed by atoms with Crippen LogP contribution in [0.5, 0.6) is 11.5 Å². The molecular weight excluding hydrogens is 398 g/mol. The van der Waals surface area contributed by atoms with Crippen molar-refractivity contribution < 1.29 is 28.9 Å². The molecule has 1 atom stereocenters. The Labute approximate surface area is 181 Å². The molecule has 0 aromatic heterocycles. The fourth-order valence-electron chi connectivity index (χ4n) is 3.62. The highest BCUT2D eigenvalue weighted by Gasteiger charge is 2.46. The summed E-state index contributed by atoms with van der Waals surface area (Å²) in [5.41, 5.74) is 1.05. The van der Waals surface area contributed by atoms with Gasteiger partial charge in [-0.3, -0.25) is 9.59 Å². The van der Waals surface area contributed by atoms with Gasteiger partial charge >= 0.3 is 0 Å². The largest absolute Gasteiger partial charge is 0.507 e. The van der Waals surface area contributed by atoms with Gasteiger partial charge in [-0.1, -0.05) is 30.3 Å². The van der Waals surface area contributed by atoms with Gasteiger partial charge in [-0.05, 0) is 31.5 Å². The molecule has 1 saturated heterocycles. The van der Waals surface area contributed by atoms with Gasteiger partial charge in [0.05, 0.1) is 44.1 Å². The fourth-order valence-corrected chi connectivity index (χ4v) is 3.62. The molecule has 2 aromatic carbocycles. The van der Waals surface area contributed by atoms with Crippen LogP contribution in [0, 0.1) is 0 Å². The van der Waals surface area contributed by atoms with Crippen LogP contribution in [0.3, 0.4) is 0 Å². The highest BCUT2D eigenvalue weighted by atomic mass is 16.5. The first-order chi connectivity index (χ1) is 14.9. The maximum atomic E-state index is 13.0. The molecule has 31 heavy (non-hydrogen) atoms. The van der Waals surface area contributed by atoms with E-state index >= 15 is 0 Å². The SMILES string of the molecule is COc1ccc(/C(O)=C2/C(=O)C(=O)N(CCOC(C)C)C2c2ccccc2)c(OC)c1. The van der Waals surface area contributed by atoms with Gasteiger partial charge < -0.3 is 24.2 Å². The van der Waals surface area contributed by atoms with E-state index in [2.05, 4.69) is 0 Å². The van der Waals surface area contributed by atoms with E-state index in [9.17, 15) is 14.7 Å². The van der Waals surface area contributed by atoms with E-state index in [1.54, 1.807) is 18.2 Å². The molecule has 0 bridgehead atoms. The molecule has 0 spiro atoms. The zero-order valence-corrected chi connectivity index (χ0v) is 18.1. The second-order valence-corrected chi connectivity index (χ2v) is 7.39. The number of hydrogen-bond donors (Lipinski definition) is 1. The quantitative estimate of drug-likeness (QED) is 0.396. The van der Waals surface area contributed by atoms with Crippen LogP contribution >= 0.6 is 0 Å². The molecule has 1 aliphatic heterocycles. The predicted octanol–water partition coefficient (Wildman–Crippen LogP) is 3.55. The first kappa shape index (κ1) is 22.4. The molecule has 7 heteroatoms. The van der Waals surface area contributed by atoms with Gasteiger partial charge in [0.1, 0.15) is 17.3 Å². The molecule has 1 aliphatic rings. The summed E-state index contributed by atoms with van der Waals surface area (Å²) >= 11 is 0. The van der Waals surface area contributed by atoms with E-state index in [-0.39, 0.29) is 30.6 Å². The normalized spacial score (nSPS) is 18.0. The van der Waals surface area contributed by atoms with Crippen LogP contribution in [0.1, 0.15) is 31.0 Å². The lowest BCUT2D eigenvalue weighted by atomic mass is 9.95. The van der Waals surface area contributed by atoms with E-state index in [1.165, 1.54) is 19.1 Å². The van der Waals surface area contributed by atoms with Gasteiger partial charge in [-0.25, -0.2) is 0 Å². The molecular formula is C24H27NO6. The van der Waals surface area contributed by atoms with Crippen molar-refractivity contribution in [1.29, 1.82) is 0 Å². The van der Waals surface area contributed by atoms with Crippen molar-refractivity contribution in [3.8, 4) is 11.5 Å². The van der Waals surface area contributed by atoms with Crippen molar-refractivity contribution in [3.63, 3.8) is 0 Å². The highest BCUT2D eigenvalue weighted by molar-refractivity contribution is 6.46. The number of hydrogen-bond acceptors (Lipinski definition) is 6. The Balaban J connectivity index is 2.12. The summed E-state index contributed by atoms with van der Waals surface area (Å²) in [6.07, 6.45) is -0.00411. The molecule has 0 aliphatic carbocycles. The van der Waals surface area contributed by atoms with E-state index in [1.807, 2.05) is 44.2 Å². The monoisotopic (exact) mass is 425 g/mol. The Morgan fingerprint density at radius 2 is 1.77 bits per heavy atom. The minimum absolute atomic E-state index is 0.00411. The average Bonchev–Trinajstić information content (AvgIpc) is 3.03. The Hall–Kier alpha value is -3.32. The van der Waals surface area contributed by atoms with Crippen LogP contribution in [0.25, 0.3) is 5.76 Å². The van der Waals surface area contributed by atoms with Crippen LogP contribution in [-0.4, -0.2) is 55.2 Å². The van der Waals surface area contributed by atoms with Crippen LogP contribution < -0.4 is 9.47 Å². The lowest BCUT2D eigenvalue weighted by Gasteiger charge is -2.25. The number of benzene rings is 2. The summed E-state index contributed by atoms with van der Waals surface area (Å²) in [6, 6.07) is 13.3. The fraction of sp³-hybridized carbons (Fsp3) is 0.333. The van der Waals surface area contributed by atoms with Gasteiger partial charge in [-0.15, -0.1) is 0 Å². The number of rotatable bonds is 8. The molecule has 7 nitrogen and oxygen atoms in total. The Morgan fingerprint density at radius 3 is 2.39 bits per heavy atom. The standard InChI is InChI=1S/C24H27NO6/c1-15(2)31-13-12-25-21(16-8-6-5-7-9-16)20(23(27)24(25)28)22(26)18-11-10-17(29-3)14-19(18)30-4/h5-11,14-15,21,26H,12-13H2,1-4H3/b22-20-. The number of aliphatic hydroxyl groups is 1. The van der Waals surface area contributed by atoms with Gasteiger partial charge in [0.25, 0.3) is 11.7 Å². The smallest absolute Gasteiger partial charge is 0.295 e. The minimum Gasteiger partial charge on any atom is -0.507 e. The number of ketones is 1. The third kappa shape index (κ3) is 4.56. The molecule has 1 unspecified atom stereocenters. The summed E-state index contributed by atoms with van der Waals surface area (Å²) in [7, 11) is 2.98. The van der Waals surface area contributed by atoms with Gasteiger partial charge in [0.15, 0.2) is 0 Å². The number of likely N-dealkylation sites (tertiary alicyclic amines) is 1. The van der Waals surface area contributed by atoms with Gasteiger partial charge in [-0.2, -0.15) is 0 Å². The molecule has 1 fully saturated rings. The third-order valence-electron chi connectivity index (χ3n) is 5.10.